The molecule has 0 fully saturated rings. The smallest absolute Gasteiger partial charge is 0.164 e. The Morgan fingerprint density at radius 2 is 1.64 bits per heavy atom. The van der Waals surface area contributed by atoms with Crippen LogP contribution in [0.25, 0.3) is 27.7 Å². The summed E-state index contributed by atoms with van der Waals surface area (Å²) < 4.78 is 2.15. The van der Waals surface area contributed by atoms with E-state index >= 15 is 0 Å². The maximum Gasteiger partial charge on any atom is 0.164 e. The van der Waals surface area contributed by atoms with E-state index in [1.807, 2.05) is 24.3 Å². The molecule has 0 unspecified atom stereocenters. The van der Waals surface area contributed by atoms with Crippen molar-refractivity contribution < 1.29 is 0 Å². The molecule has 0 aliphatic carbocycles. The zero-order valence-electron chi connectivity index (χ0n) is 13.4. The van der Waals surface area contributed by atoms with Crippen molar-refractivity contribution >= 4 is 27.7 Å². The molecule has 3 aromatic heterocycles. The van der Waals surface area contributed by atoms with E-state index in [0.717, 1.165) is 22.2 Å². The molecule has 3 heterocycles. The van der Waals surface area contributed by atoms with Gasteiger partial charge in [-0.1, -0.05) is 32.9 Å². The predicted molar refractivity (Wildman–Crippen MR) is 91.4 cm³/mol. The van der Waals surface area contributed by atoms with E-state index in [-0.39, 0.29) is 5.41 Å². The first-order chi connectivity index (χ1) is 10.4. The average Bonchev–Trinajstić information content (AvgIpc) is 2.77. The van der Waals surface area contributed by atoms with Gasteiger partial charge in [0.15, 0.2) is 5.65 Å². The lowest BCUT2D eigenvalue weighted by Crippen LogP contribution is -2.11. The van der Waals surface area contributed by atoms with Gasteiger partial charge >= 0.3 is 0 Å². The van der Waals surface area contributed by atoms with Gasteiger partial charge in [-0.2, -0.15) is 0 Å². The molecule has 0 aliphatic rings. The van der Waals surface area contributed by atoms with Crippen molar-refractivity contribution in [3.63, 3.8) is 0 Å². The lowest BCUT2D eigenvalue weighted by molar-refractivity contribution is 0.590. The quantitative estimate of drug-likeness (QED) is 0.472. The number of aryl methyl sites for hydroxylation is 1. The van der Waals surface area contributed by atoms with Crippen molar-refractivity contribution in [2.45, 2.75) is 33.1 Å². The van der Waals surface area contributed by atoms with Crippen LogP contribution in [0.2, 0.25) is 0 Å². The Kier molecular flexibility index (Phi) is 2.59. The molecule has 0 bridgehead atoms. The zero-order chi connectivity index (χ0) is 15.5. The number of pyridine rings is 1. The highest BCUT2D eigenvalue weighted by Crippen LogP contribution is 2.29. The van der Waals surface area contributed by atoms with Crippen LogP contribution >= 0.6 is 0 Å². The van der Waals surface area contributed by atoms with E-state index in [9.17, 15) is 0 Å². The molecule has 0 saturated heterocycles. The number of fused-ring (bicyclic) bond motifs is 4. The van der Waals surface area contributed by atoms with Crippen molar-refractivity contribution in [2.75, 3.05) is 0 Å². The average molecular weight is 289 g/mol. The summed E-state index contributed by atoms with van der Waals surface area (Å²) in [5, 5.41) is 0. The number of benzene rings is 1. The van der Waals surface area contributed by atoms with E-state index in [2.05, 4.69) is 50.4 Å². The van der Waals surface area contributed by atoms with Crippen LogP contribution in [0.5, 0.6) is 0 Å². The lowest BCUT2D eigenvalue weighted by atomic mass is 9.87. The standard InChI is InChI=1S/C19H19N3/c1-12-16-11-13(19(2,3)4)9-10-22(16)18-17(12)20-14-7-5-6-8-15(14)21-18/h5-11H,1-4H3. The van der Waals surface area contributed by atoms with E-state index < -0.39 is 0 Å². The van der Waals surface area contributed by atoms with Crippen LogP contribution in [0.3, 0.4) is 0 Å². The highest BCUT2D eigenvalue weighted by atomic mass is 15.0. The third kappa shape index (κ3) is 1.82. The van der Waals surface area contributed by atoms with Gasteiger partial charge in [0.2, 0.25) is 0 Å². The van der Waals surface area contributed by atoms with Crippen molar-refractivity contribution in [1.29, 1.82) is 0 Å². The second kappa shape index (κ2) is 4.29. The molecule has 0 spiro atoms. The van der Waals surface area contributed by atoms with Gasteiger partial charge < -0.3 is 0 Å². The summed E-state index contributed by atoms with van der Waals surface area (Å²) in [5.74, 6) is 0. The van der Waals surface area contributed by atoms with Crippen LogP contribution in [0, 0.1) is 6.92 Å². The fourth-order valence-corrected chi connectivity index (χ4v) is 2.97. The maximum atomic E-state index is 4.82. The SMILES string of the molecule is Cc1c2nc3ccccc3nc2n2ccc(C(C)(C)C)cc12. The summed E-state index contributed by atoms with van der Waals surface area (Å²) in [6.45, 7) is 8.85. The summed E-state index contributed by atoms with van der Waals surface area (Å²) in [5.41, 5.74) is 7.67. The number of rotatable bonds is 0. The van der Waals surface area contributed by atoms with Crippen molar-refractivity contribution in [3.8, 4) is 0 Å². The van der Waals surface area contributed by atoms with Crippen LogP contribution in [-0.4, -0.2) is 14.4 Å². The Balaban J connectivity index is 2.14. The third-order valence-corrected chi connectivity index (χ3v) is 4.34. The minimum absolute atomic E-state index is 0.135. The van der Waals surface area contributed by atoms with Crippen molar-refractivity contribution in [3.05, 3.63) is 53.7 Å². The fraction of sp³-hybridized carbons (Fsp3) is 0.263. The van der Waals surface area contributed by atoms with Gasteiger partial charge in [0.25, 0.3) is 0 Å². The first kappa shape index (κ1) is 13.3. The summed E-state index contributed by atoms with van der Waals surface area (Å²) >= 11 is 0. The molecular weight excluding hydrogens is 270 g/mol. The molecule has 0 atom stereocenters. The Hall–Kier alpha value is -2.42. The number of hydrogen-bond donors (Lipinski definition) is 0. The van der Waals surface area contributed by atoms with Gasteiger partial charge in [-0.25, -0.2) is 9.97 Å². The molecule has 0 radical (unpaired) electrons. The summed E-state index contributed by atoms with van der Waals surface area (Å²) in [7, 11) is 0. The third-order valence-electron chi connectivity index (χ3n) is 4.34. The van der Waals surface area contributed by atoms with Crippen molar-refractivity contribution in [1.82, 2.24) is 14.4 Å². The summed E-state index contributed by atoms with van der Waals surface area (Å²) in [6, 6.07) is 12.5. The molecule has 3 heteroatoms. The second-order valence-corrected chi connectivity index (χ2v) is 6.93. The molecule has 22 heavy (non-hydrogen) atoms. The molecule has 0 aliphatic heterocycles. The molecule has 0 saturated carbocycles. The van der Waals surface area contributed by atoms with Crippen molar-refractivity contribution in [2.24, 2.45) is 0 Å². The fourth-order valence-electron chi connectivity index (χ4n) is 2.97. The normalized spacial score (nSPS) is 12.5. The highest BCUT2D eigenvalue weighted by Gasteiger charge is 2.17. The minimum atomic E-state index is 0.135. The molecule has 4 rings (SSSR count). The number of para-hydroxylation sites is 2. The molecular formula is C19H19N3. The number of hydrogen-bond acceptors (Lipinski definition) is 2. The van der Waals surface area contributed by atoms with Gasteiger partial charge in [-0.05, 0) is 42.2 Å². The minimum Gasteiger partial charge on any atom is -0.300 e. The first-order valence-electron chi connectivity index (χ1n) is 7.63. The van der Waals surface area contributed by atoms with Crippen LogP contribution in [0.15, 0.2) is 42.6 Å². The van der Waals surface area contributed by atoms with Gasteiger partial charge in [0, 0.05) is 11.8 Å². The van der Waals surface area contributed by atoms with Crippen LogP contribution in [0.1, 0.15) is 31.9 Å². The van der Waals surface area contributed by atoms with Crippen LogP contribution < -0.4 is 0 Å². The molecule has 0 amide bonds. The Morgan fingerprint density at radius 3 is 2.32 bits per heavy atom. The molecule has 3 nitrogen and oxygen atoms in total. The monoisotopic (exact) mass is 289 g/mol. The van der Waals surface area contributed by atoms with E-state index in [1.165, 1.54) is 16.6 Å². The predicted octanol–water partition coefficient (Wildman–Crippen LogP) is 4.64. The number of aromatic nitrogens is 3. The molecule has 1 aromatic carbocycles. The Morgan fingerprint density at radius 1 is 0.955 bits per heavy atom. The van der Waals surface area contributed by atoms with Gasteiger partial charge in [0.05, 0.1) is 16.6 Å². The topological polar surface area (TPSA) is 30.2 Å². The maximum absolute atomic E-state index is 4.82. The largest absolute Gasteiger partial charge is 0.300 e. The van der Waals surface area contributed by atoms with Crippen LogP contribution in [0.4, 0.5) is 0 Å². The van der Waals surface area contributed by atoms with Gasteiger partial charge in [-0.15, -0.1) is 0 Å². The number of nitrogens with zero attached hydrogens (tertiary/aromatic N) is 3. The van der Waals surface area contributed by atoms with E-state index in [0.29, 0.717) is 0 Å². The highest BCUT2D eigenvalue weighted by molar-refractivity contribution is 5.92. The zero-order valence-corrected chi connectivity index (χ0v) is 13.4. The second-order valence-electron chi connectivity index (χ2n) is 6.93. The molecule has 0 N–H and O–H groups in total. The lowest BCUT2D eigenvalue weighted by Gasteiger charge is -2.19. The Bertz CT molecular complexity index is 1020. The van der Waals surface area contributed by atoms with E-state index in [4.69, 9.17) is 9.97 Å². The molecule has 4 aromatic rings. The summed E-state index contributed by atoms with van der Waals surface area (Å²) in [4.78, 5) is 9.64. The first-order valence-corrected chi connectivity index (χ1v) is 7.63. The van der Waals surface area contributed by atoms with Crippen LogP contribution in [-0.2, 0) is 5.41 Å². The van der Waals surface area contributed by atoms with E-state index in [1.54, 1.807) is 0 Å². The molecule has 110 valence electrons. The Labute approximate surface area is 129 Å². The van der Waals surface area contributed by atoms with Gasteiger partial charge in [-0.3, -0.25) is 4.40 Å². The van der Waals surface area contributed by atoms with Gasteiger partial charge in [0.1, 0.15) is 5.52 Å². The summed E-state index contributed by atoms with van der Waals surface area (Å²) in [6.07, 6.45) is 2.12.